The summed E-state index contributed by atoms with van der Waals surface area (Å²) in [4.78, 5) is 2.82. The second kappa shape index (κ2) is 5.93. The fourth-order valence-electron chi connectivity index (χ4n) is 2.33. The molecule has 0 amide bonds. The van der Waals surface area contributed by atoms with Crippen molar-refractivity contribution in [2.75, 3.05) is 19.0 Å². The highest BCUT2D eigenvalue weighted by Crippen LogP contribution is 2.24. The largest absolute Gasteiger partial charge is 0.465 e. The van der Waals surface area contributed by atoms with Crippen molar-refractivity contribution < 1.29 is 4.42 Å². The van der Waals surface area contributed by atoms with Crippen molar-refractivity contribution in [3.63, 3.8) is 0 Å². The highest BCUT2D eigenvalue weighted by Gasteiger charge is 2.12. The Hall–Kier alpha value is -2.93. The van der Waals surface area contributed by atoms with Gasteiger partial charge in [-0.15, -0.1) is 10.2 Å². The molecule has 1 aromatic carbocycles. The Balaban J connectivity index is 1.67. The Labute approximate surface area is 142 Å². The summed E-state index contributed by atoms with van der Waals surface area (Å²) in [6.07, 6.45) is 5.45. The summed E-state index contributed by atoms with van der Waals surface area (Å²) in [5, 5.41) is 13.9. The summed E-state index contributed by atoms with van der Waals surface area (Å²) in [7, 11) is 4.03. The van der Waals surface area contributed by atoms with Crippen molar-refractivity contribution in [2.24, 2.45) is 0 Å². The zero-order valence-corrected chi connectivity index (χ0v) is 14.1. The molecule has 0 saturated heterocycles. The smallest absolute Gasteiger partial charge is 0.235 e. The Morgan fingerprint density at radius 3 is 2.62 bits per heavy atom. The molecular weight excluding hydrogens is 322 g/mol. The van der Waals surface area contributed by atoms with Gasteiger partial charge in [-0.25, -0.2) is 0 Å². The van der Waals surface area contributed by atoms with Gasteiger partial charge in [0.25, 0.3) is 0 Å². The normalized spacial score (nSPS) is 11.6. The second-order valence-electron chi connectivity index (χ2n) is 5.45. The summed E-state index contributed by atoms with van der Waals surface area (Å²) < 4.78 is 7.06. The molecule has 0 aliphatic heterocycles. The molecule has 0 N–H and O–H groups in total. The van der Waals surface area contributed by atoms with E-state index in [2.05, 4.69) is 32.3 Å². The second-order valence-corrected chi connectivity index (χ2v) is 6.44. The lowest BCUT2D eigenvalue weighted by atomic mass is 10.2. The van der Waals surface area contributed by atoms with Crippen LogP contribution in [0.2, 0.25) is 0 Å². The highest BCUT2D eigenvalue weighted by molar-refractivity contribution is 7.17. The van der Waals surface area contributed by atoms with E-state index < -0.39 is 0 Å². The number of furan rings is 1. The maximum atomic E-state index is 5.29. The van der Waals surface area contributed by atoms with Gasteiger partial charge >= 0.3 is 0 Å². The van der Waals surface area contributed by atoms with Gasteiger partial charge in [0.1, 0.15) is 10.8 Å². The van der Waals surface area contributed by atoms with E-state index in [-0.39, 0.29) is 0 Å². The number of hydrogen-bond donors (Lipinski definition) is 0. The van der Waals surface area contributed by atoms with Crippen molar-refractivity contribution in [1.29, 1.82) is 0 Å². The van der Waals surface area contributed by atoms with E-state index in [1.165, 1.54) is 11.3 Å². The van der Waals surface area contributed by atoms with Gasteiger partial charge < -0.3 is 9.32 Å². The van der Waals surface area contributed by atoms with Crippen molar-refractivity contribution >= 4 is 34.1 Å². The van der Waals surface area contributed by atoms with Crippen LogP contribution in [0, 0.1) is 0 Å². The van der Waals surface area contributed by atoms with Crippen LogP contribution in [-0.2, 0) is 0 Å². The van der Waals surface area contributed by atoms with Crippen LogP contribution in [0.25, 0.3) is 28.5 Å². The Bertz CT molecular complexity index is 980. The number of hydrogen-bond acceptors (Lipinski definition) is 6. The molecule has 3 aromatic heterocycles. The Kier molecular flexibility index (Phi) is 3.62. The molecule has 0 aliphatic carbocycles. The molecule has 0 saturated carbocycles. The molecule has 4 rings (SSSR count). The van der Waals surface area contributed by atoms with Gasteiger partial charge in [-0.2, -0.15) is 9.61 Å². The van der Waals surface area contributed by atoms with Crippen LogP contribution in [0.15, 0.2) is 47.1 Å². The van der Waals surface area contributed by atoms with E-state index in [0.29, 0.717) is 0 Å². The minimum Gasteiger partial charge on any atom is -0.465 e. The third-order valence-corrected chi connectivity index (χ3v) is 4.45. The minimum atomic E-state index is 0.740. The van der Waals surface area contributed by atoms with Crippen molar-refractivity contribution in [3.8, 4) is 11.4 Å². The lowest BCUT2D eigenvalue weighted by Crippen LogP contribution is -2.08. The first-order chi connectivity index (χ1) is 11.7. The Morgan fingerprint density at radius 2 is 1.92 bits per heavy atom. The van der Waals surface area contributed by atoms with E-state index in [1.807, 2.05) is 50.5 Å². The highest BCUT2D eigenvalue weighted by atomic mass is 32.1. The molecular formula is C17H15N5OS. The van der Waals surface area contributed by atoms with Crippen LogP contribution in [-0.4, -0.2) is 33.9 Å². The third kappa shape index (κ3) is 2.69. The molecule has 0 atom stereocenters. The van der Waals surface area contributed by atoms with E-state index in [9.17, 15) is 0 Å². The first-order valence-corrected chi connectivity index (χ1v) is 8.24. The standard InChI is InChI=1S/C17H15N5OS/c1-21(2)13-7-5-12(6-8-13)16-18-19-17-22(16)20-15(24-17)10-9-14-4-3-11-23-14/h3-11H,1-2H3/b10-9+. The lowest BCUT2D eigenvalue weighted by molar-refractivity contribution is 0.557. The molecule has 120 valence electrons. The summed E-state index contributed by atoms with van der Waals surface area (Å²) in [6, 6.07) is 11.9. The fraction of sp³-hybridized carbons (Fsp3) is 0.118. The molecule has 6 nitrogen and oxygen atoms in total. The monoisotopic (exact) mass is 337 g/mol. The molecule has 0 fully saturated rings. The van der Waals surface area contributed by atoms with Gasteiger partial charge in [0, 0.05) is 25.3 Å². The first-order valence-electron chi connectivity index (χ1n) is 7.42. The van der Waals surface area contributed by atoms with Gasteiger partial charge in [0.05, 0.1) is 6.26 Å². The molecule has 0 spiro atoms. The lowest BCUT2D eigenvalue weighted by Gasteiger charge is -2.11. The molecule has 0 radical (unpaired) electrons. The number of benzene rings is 1. The molecule has 3 heterocycles. The summed E-state index contributed by atoms with van der Waals surface area (Å²) >= 11 is 1.48. The maximum absolute atomic E-state index is 5.29. The summed E-state index contributed by atoms with van der Waals surface area (Å²) in [6.45, 7) is 0. The average Bonchev–Trinajstić information content (AvgIpc) is 3.30. The topological polar surface area (TPSA) is 59.5 Å². The zero-order chi connectivity index (χ0) is 16.5. The van der Waals surface area contributed by atoms with E-state index in [1.54, 1.807) is 10.8 Å². The predicted octanol–water partition coefficient (Wildman–Crippen LogP) is 3.68. The van der Waals surface area contributed by atoms with Crippen LogP contribution in [0.4, 0.5) is 5.69 Å². The van der Waals surface area contributed by atoms with Crippen molar-refractivity contribution in [2.45, 2.75) is 0 Å². The van der Waals surface area contributed by atoms with Gasteiger partial charge in [-0.05, 0) is 48.6 Å². The van der Waals surface area contributed by atoms with Gasteiger partial charge in [0.15, 0.2) is 5.82 Å². The van der Waals surface area contributed by atoms with E-state index in [4.69, 9.17) is 4.42 Å². The third-order valence-electron chi connectivity index (χ3n) is 3.58. The summed E-state index contributed by atoms with van der Waals surface area (Å²) in [5.74, 6) is 1.53. The number of nitrogens with zero attached hydrogens (tertiary/aromatic N) is 5. The van der Waals surface area contributed by atoms with Crippen LogP contribution in [0.5, 0.6) is 0 Å². The predicted molar refractivity (Wildman–Crippen MR) is 96.1 cm³/mol. The molecule has 7 heteroatoms. The van der Waals surface area contributed by atoms with Crippen molar-refractivity contribution in [3.05, 3.63) is 53.4 Å². The molecule has 0 aliphatic rings. The zero-order valence-electron chi connectivity index (χ0n) is 13.2. The average molecular weight is 337 g/mol. The van der Waals surface area contributed by atoms with Crippen LogP contribution < -0.4 is 4.90 Å². The molecule has 4 aromatic rings. The van der Waals surface area contributed by atoms with Gasteiger partial charge in [-0.3, -0.25) is 0 Å². The first kappa shape index (κ1) is 14.6. The number of anilines is 1. The summed E-state index contributed by atoms with van der Waals surface area (Å²) in [5.41, 5.74) is 2.12. The van der Waals surface area contributed by atoms with Gasteiger partial charge in [-0.1, -0.05) is 11.3 Å². The molecule has 0 unspecified atom stereocenters. The van der Waals surface area contributed by atoms with E-state index in [0.717, 1.165) is 32.8 Å². The number of aromatic nitrogens is 4. The van der Waals surface area contributed by atoms with Crippen LogP contribution in [0.1, 0.15) is 10.8 Å². The maximum Gasteiger partial charge on any atom is 0.235 e. The minimum absolute atomic E-state index is 0.740. The van der Waals surface area contributed by atoms with Crippen LogP contribution >= 0.6 is 11.3 Å². The number of rotatable bonds is 4. The molecule has 0 bridgehead atoms. The quantitative estimate of drug-likeness (QED) is 0.568. The number of fused-ring (bicyclic) bond motifs is 1. The fourth-order valence-corrected chi connectivity index (χ4v) is 3.07. The van der Waals surface area contributed by atoms with Gasteiger partial charge in [0.2, 0.25) is 4.96 Å². The SMILES string of the molecule is CN(C)c1ccc(-c2nnc3sc(/C=C/c4ccco4)nn23)cc1. The Morgan fingerprint density at radius 1 is 1.08 bits per heavy atom. The van der Waals surface area contributed by atoms with E-state index >= 15 is 0 Å². The van der Waals surface area contributed by atoms with Crippen molar-refractivity contribution in [1.82, 2.24) is 19.8 Å². The molecule has 24 heavy (non-hydrogen) atoms. The van der Waals surface area contributed by atoms with Crippen LogP contribution in [0.3, 0.4) is 0 Å².